The van der Waals surface area contributed by atoms with Gasteiger partial charge in [-0.3, -0.25) is 4.79 Å². The van der Waals surface area contributed by atoms with Gasteiger partial charge in [0.15, 0.2) is 0 Å². The van der Waals surface area contributed by atoms with Crippen molar-refractivity contribution in [2.75, 3.05) is 17.7 Å². The Morgan fingerprint density at radius 2 is 1.89 bits per heavy atom. The monoisotopic (exact) mass is 389 g/mol. The van der Waals surface area contributed by atoms with Crippen molar-refractivity contribution in [2.45, 2.75) is 0 Å². The molecule has 0 radical (unpaired) electrons. The highest BCUT2D eigenvalue weighted by molar-refractivity contribution is 6.31. The molecule has 0 fully saturated rings. The molecular formula is C19H14ClF2N3O2. The molecule has 2 aromatic carbocycles. The molecule has 0 bridgehead atoms. The largest absolute Gasteiger partial charge is 0.495 e. The third kappa shape index (κ3) is 4.51. The van der Waals surface area contributed by atoms with E-state index in [-0.39, 0.29) is 11.3 Å². The summed E-state index contributed by atoms with van der Waals surface area (Å²) in [4.78, 5) is 16.5. The Morgan fingerprint density at radius 1 is 1.07 bits per heavy atom. The van der Waals surface area contributed by atoms with Crippen molar-refractivity contribution < 1.29 is 18.3 Å². The smallest absolute Gasteiger partial charge is 0.257 e. The summed E-state index contributed by atoms with van der Waals surface area (Å²) in [5.74, 6) is -1.06. The van der Waals surface area contributed by atoms with Crippen molar-refractivity contribution in [1.29, 1.82) is 0 Å². The van der Waals surface area contributed by atoms with E-state index in [9.17, 15) is 13.6 Å². The van der Waals surface area contributed by atoms with Crippen LogP contribution in [0.3, 0.4) is 0 Å². The normalized spacial score (nSPS) is 10.4. The first kappa shape index (κ1) is 18.6. The number of aromatic nitrogens is 1. The first-order chi connectivity index (χ1) is 13.0. The molecule has 2 N–H and O–H groups in total. The van der Waals surface area contributed by atoms with Crippen LogP contribution in [-0.2, 0) is 0 Å². The van der Waals surface area contributed by atoms with Crippen molar-refractivity contribution >= 4 is 34.7 Å². The van der Waals surface area contributed by atoms with Gasteiger partial charge < -0.3 is 15.4 Å². The number of pyridine rings is 1. The summed E-state index contributed by atoms with van der Waals surface area (Å²) in [6.07, 6.45) is 1.33. The molecule has 0 aliphatic carbocycles. The Bertz CT molecular complexity index is 981. The molecule has 138 valence electrons. The van der Waals surface area contributed by atoms with Gasteiger partial charge in [-0.2, -0.15) is 0 Å². The molecule has 8 heteroatoms. The van der Waals surface area contributed by atoms with Crippen LogP contribution in [-0.4, -0.2) is 18.0 Å². The number of carbonyl (C=O) groups is 1. The highest BCUT2D eigenvalue weighted by Crippen LogP contribution is 2.28. The highest BCUT2D eigenvalue weighted by atomic mass is 35.5. The first-order valence-corrected chi connectivity index (χ1v) is 8.17. The van der Waals surface area contributed by atoms with E-state index >= 15 is 0 Å². The zero-order chi connectivity index (χ0) is 19.4. The van der Waals surface area contributed by atoms with Crippen LogP contribution in [0.1, 0.15) is 10.4 Å². The second kappa shape index (κ2) is 8.01. The fraction of sp³-hybridized carbons (Fsp3) is 0.0526. The van der Waals surface area contributed by atoms with Gasteiger partial charge in [0.2, 0.25) is 0 Å². The van der Waals surface area contributed by atoms with Gasteiger partial charge in [-0.25, -0.2) is 13.8 Å². The summed E-state index contributed by atoms with van der Waals surface area (Å²) in [5, 5.41) is 5.86. The Kier molecular flexibility index (Phi) is 5.52. The molecule has 27 heavy (non-hydrogen) atoms. The summed E-state index contributed by atoms with van der Waals surface area (Å²) in [6.45, 7) is 0. The van der Waals surface area contributed by atoms with Crippen LogP contribution >= 0.6 is 11.6 Å². The number of hydrogen-bond donors (Lipinski definition) is 2. The summed E-state index contributed by atoms with van der Waals surface area (Å²) in [5.41, 5.74) is 0.775. The lowest BCUT2D eigenvalue weighted by atomic mass is 10.2. The quantitative estimate of drug-likeness (QED) is 0.643. The van der Waals surface area contributed by atoms with E-state index in [0.29, 0.717) is 22.3 Å². The molecule has 0 unspecified atom stereocenters. The van der Waals surface area contributed by atoms with Gasteiger partial charge in [-0.1, -0.05) is 11.6 Å². The van der Waals surface area contributed by atoms with E-state index in [2.05, 4.69) is 15.6 Å². The third-order valence-electron chi connectivity index (χ3n) is 3.63. The maximum atomic E-state index is 13.7. The van der Waals surface area contributed by atoms with E-state index in [4.69, 9.17) is 16.3 Å². The van der Waals surface area contributed by atoms with E-state index in [0.717, 1.165) is 12.1 Å². The molecular weight excluding hydrogens is 376 g/mol. The Balaban J connectivity index is 1.73. The minimum Gasteiger partial charge on any atom is -0.495 e. The molecule has 3 rings (SSSR count). The predicted molar refractivity (Wildman–Crippen MR) is 99.8 cm³/mol. The number of hydrogen-bond acceptors (Lipinski definition) is 4. The summed E-state index contributed by atoms with van der Waals surface area (Å²) in [6, 6.07) is 11.0. The molecule has 5 nitrogen and oxygen atoms in total. The fourth-order valence-electron chi connectivity index (χ4n) is 2.30. The molecule has 0 saturated heterocycles. The average molecular weight is 390 g/mol. The van der Waals surface area contributed by atoms with E-state index in [1.165, 1.54) is 31.5 Å². The van der Waals surface area contributed by atoms with Crippen LogP contribution < -0.4 is 15.4 Å². The van der Waals surface area contributed by atoms with Crippen LogP contribution in [0.2, 0.25) is 5.02 Å². The van der Waals surface area contributed by atoms with Crippen LogP contribution in [0.4, 0.5) is 26.0 Å². The number of anilines is 3. The number of benzene rings is 2. The predicted octanol–water partition coefficient (Wildman–Crippen LogP) is 5.02. The van der Waals surface area contributed by atoms with Crippen molar-refractivity contribution in [3.63, 3.8) is 0 Å². The lowest BCUT2D eigenvalue weighted by Gasteiger charge is -2.11. The number of nitrogens with one attached hydrogen (secondary N) is 2. The molecule has 1 heterocycles. The van der Waals surface area contributed by atoms with Crippen molar-refractivity contribution in [3.8, 4) is 5.75 Å². The van der Waals surface area contributed by atoms with E-state index < -0.39 is 17.5 Å². The lowest BCUT2D eigenvalue weighted by Crippen LogP contribution is -2.13. The van der Waals surface area contributed by atoms with Crippen molar-refractivity contribution in [3.05, 3.63) is 76.9 Å². The summed E-state index contributed by atoms with van der Waals surface area (Å²) in [7, 11) is 1.48. The van der Waals surface area contributed by atoms with Crippen molar-refractivity contribution in [1.82, 2.24) is 4.98 Å². The van der Waals surface area contributed by atoms with Gasteiger partial charge in [0, 0.05) is 17.3 Å². The SMILES string of the molecule is COc1ccc(Cl)cc1NC(=O)c1ccc(Nc2ccc(F)cc2F)nc1. The second-order valence-corrected chi connectivity index (χ2v) is 5.92. The number of nitrogens with zero attached hydrogens (tertiary/aromatic N) is 1. The minimum atomic E-state index is -0.744. The molecule has 0 spiro atoms. The first-order valence-electron chi connectivity index (χ1n) is 7.79. The number of carbonyl (C=O) groups excluding carboxylic acids is 1. The standard InChI is InChI=1S/C19H14ClF2N3O2/c1-27-17-6-3-12(20)8-16(17)25-19(26)11-2-7-18(23-10-11)24-15-5-4-13(21)9-14(15)22/h2-10H,1H3,(H,23,24)(H,25,26). The van der Waals surface area contributed by atoms with Crippen molar-refractivity contribution in [2.24, 2.45) is 0 Å². The van der Waals surface area contributed by atoms with Crippen LogP contribution in [0.15, 0.2) is 54.7 Å². The second-order valence-electron chi connectivity index (χ2n) is 5.48. The topological polar surface area (TPSA) is 63.2 Å². The van der Waals surface area contributed by atoms with E-state index in [1.54, 1.807) is 18.2 Å². The number of halogens is 3. The van der Waals surface area contributed by atoms with Crippen LogP contribution in [0.25, 0.3) is 0 Å². The summed E-state index contributed by atoms with van der Waals surface area (Å²) >= 11 is 5.94. The molecule has 3 aromatic rings. The molecule has 0 aliphatic rings. The molecule has 1 aromatic heterocycles. The number of methoxy groups -OCH3 is 1. The van der Waals surface area contributed by atoms with Gasteiger partial charge in [-0.15, -0.1) is 0 Å². The van der Waals surface area contributed by atoms with Gasteiger partial charge >= 0.3 is 0 Å². The third-order valence-corrected chi connectivity index (χ3v) is 3.86. The van der Waals surface area contributed by atoms with Gasteiger partial charge in [-0.05, 0) is 42.5 Å². The maximum Gasteiger partial charge on any atom is 0.257 e. The zero-order valence-electron chi connectivity index (χ0n) is 14.1. The van der Waals surface area contributed by atoms with Gasteiger partial charge in [0.1, 0.15) is 23.2 Å². The van der Waals surface area contributed by atoms with Crippen LogP contribution in [0, 0.1) is 11.6 Å². The average Bonchev–Trinajstić information content (AvgIpc) is 2.65. The maximum absolute atomic E-state index is 13.7. The highest BCUT2D eigenvalue weighted by Gasteiger charge is 2.11. The Morgan fingerprint density at radius 3 is 2.56 bits per heavy atom. The van der Waals surface area contributed by atoms with Gasteiger partial charge in [0.05, 0.1) is 24.0 Å². The lowest BCUT2D eigenvalue weighted by molar-refractivity contribution is 0.102. The fourth-order valence-corrected chi connectivity index (χ4v) is 2.48. The Labute approximate surface area is 159 Å². The molecule has 0 aliphatic heterocycles. The Hall–Kier alpha value is -3.19. The number of amides is 1. The number of ether oxygens (including phenoxy) is 1. The minimum absolute atomic E-state index is 0.0739. The number of rotatable bonds is 5. The van der Waals surface area contributed by atoms with E-state index in [1.807, 2.05) is 0 Å². The molecule has 0 saturated carbocycles. The summed E-state index contributed by atoms with van der Waals surface area (Å²) < 4.78 is 31.8. The molecule has 1 amide bonds. The zero-order valence-corrected chi connectivity index (χ0v) is 14.8. The van der Waals surface area contributed by atoms with Gasteiger partial charge in [0.25, 0.3) is 5.91 Å². The van der Waals surface area contributed by atoms with Crippen LogP contribution in [0.5, 0.6) is 5.75 Å². The molecule has 0 atom stereocenters.